The van der Waals surface area contributed by atoms with Gasteiger partial charge in [-0.25, -0.2) is 4.98 Å². The van der Waals surface area contributed by atoms with Crippen molar-refractivity contribution in [2.75, 3.05) is 0 Å². The van der Waals surface area contributed by atoms with Crippen LogP contribution in [-0.4, -0.2) is 10.7 Å². The summed E-state index contributed by atoms with van der Waals surface area (Å²) in [7, 11) is 0. The second-order valence-electron chi connectivity index (χ2n) is 8.73. The number of aliphatic imine (C=N–C) groups is 1. The molecule has 0 N–H and O–H groups in total. The van der Waals surface area contributed by atoms with Gasteiger partial charge in [0, 0.05) is 5.56 Å². The highest BCUT2D eigenvalue weighted by atomic mass is 14.8. The third-order valence-electron chi connectivity index (χ3n) is 5.81. The monoisotopic (exact) mass is 406 g/mol. The van der Waals surface area contributed by atoms with Crippen molar-refractivity contribution >= 4 is 22.2 Å². The fraction of sp³-hybridized carbons (Fsp3) is 0.241. The van der Waals surface area contributed by atoms with Crippen LogP contribution in [0.4, 0.5) is 5.69 Å². The lowest BCUT2D eigenvalue weighted by atomic mass is 9.93. The first-order valence-electron chi connectivity index (χ1n) is 11.1. The molecule has 0 saturated heterocycles. The number of hydrogen-bond donors (Lipinski definition) is 0. The van der Waals surface area contributed by atoms with Gasteiger partial charge in [-0.3, -0.25) is 4.99 Å². The minimum Gasteiger partial charge on any atom is -0.251 e. The molecule has 2 nitrogen and oxygen atoms in total. The van der Waals surface area contributed by atoms with E-state index < -0.39 is 0 Å². The molecule has 0 unspecified atom stereocenters. The number of nitrogens with zero attached hydrogens (tertiary/aromatic N) is 2. The fourth-order valence-corrected chi connectivity index (χ4v) is 4.10. The van der Waals surface area contributed by atoms with Crippen LogP contribution in [0.3, 0.4) is 0 Å². The molecule has 0 amide bonds. The Balaban J connectivity index is 1.81. The molecule has 3 aromatic carbocycles. The molecule has 31 heavy (non-hydrogen) atoms. The highest BCUT2D eigenvalue weighted by Gasteiger charge is 2.14. The smallest absolute Gasteiger partial charge is 0.0849 e. The van der Waals surface area contributed by atoms with Crippen molar-refractivity contribution in [3.05, 3.63) is 95.7 Å². The van der Waals surface area contributed by atoms with Gasteiger partial charge in [-0.15, -0.1) is 0 Å². The predicted molar refractivity (Wildman–Crippen MR) is 134 cm³/mol. The molecule has 156 valence electrons. The first kappa shape index (κ1) is 21.0. The van der Waals surface area contributed by atoms with Gasteiger partial charge < -0.3 is 0 Å². The van der Waals surface area contributed by atoms with E-state index >= 15 is 0 Å². The number of rotatable bonds is 5. The maximum atomic E-state index is 5.12. The van der Waals surface area contributed by atoms with Gasteiger partial charge in [-0.2, -0.15) is 0 Å². The zero-order valence-electron chi connectivity index (χ0n) is 19.1. The molecule has 0 aliphatic carbocycles. The van der Waals surface area contributed by atoms with Crippen LogP contribution in [0.5, 0.6) is 0 Å². The standard InChI is InChI=1S/C29H30N2/c1-19(2)23-14-9-15-24(20(3)4)29(23)30-21(5)27-17-10-18-28(31-27)26-16-8-12-22-11-6-7-13-25(22)26/h6-20H,1-5H3. The van der Waals surface area contributed by atoms with Gasteiger partial charge in [0.1, 0.15) is 0 Å². The summed E-state index contributed by atoms with van der Waals surface area (Å²) in [6.07, 6.45) is 0. The summed E-state index contributed by atoms with van der Waals surface area (Å²) < 4.78 is 0. The Morgan fingerprint density at radius 2 is 1.32 bits per heavy atom. The third kappa shape index (κ3) is 4.29. The predicted octanol–water partition coefficient (Wildman–Crippen LogP) is 8.29. The highest BCUT2D eigenvalue weighted by Crippen LogP contribution is 2.35. The normalized spacial score (nSPS) is 12.2. The highest BCUT2D eigenvalue weighted by molar-refractivity contribution is 6.00. The molecule has 4 rings (SSSR count). The lowest BCUT2D eigenvalue weighted by molar-refractivity contribution is 0.834. The van der Waals surface area contributed by atoms with E-state index in [-0.39, 0.29) is 0 Å². The number of benzene rings is 3. The van der Waals surface area contributed by atoms with E-state index in [4.69, 9.17) is 9.98 Å². The number of para-hydroxylation sites is 1. The maximum absolute atomic E-state index is 5.12. The molecular weight excluding hydrogens is 376 g/mol. The SMILES string of the molecule is CC(=Nc1c(C(C)C)cccc1C(C)C)c1cccc(-c2cccc3ccccc23)n1. The molecule has 0 atom stereocenters. The van der Waals surface area contributed by atoms with E-state index in [9.17, 15) is 0 Å². The van der Waals surface area contributed by atoms with Crippen LogP contribution in [0.25, 0.3) is 22.0 Å². The Morgan fingerprint density at radius 3 is 2.03 bits per heavy atom. The number of aromatic nitrogens is 1. The van der Waals surface area contributed by atoms with Crippen LogP contribution >= 0.6 is 0 Å². The third-order valence-corrected chi connectivity index (χ3v) is 5.81. The molecule has 2 heteroatoms. The Kier molecular flexibility index (Phi) is 5.99. The van der Waals surface area contributed by atoms with Gasteiger partial charge in [-0.05, 0) is 52.8 Å². The lowest BCUT2D eigenvalue weighted by Crippen LogP contribution is -2.02. The Morgan fingerprint density at radius 1 is 0.710 bits per heavy atom. The molecule has 1 heterocycles. The summed E-state index contributed by atoms with van der Waals surface area (Å²) in [5.41, 5.74) is 7.66. The van der Waals surface area contributed by atoms with Gasteiger partial charge >= 0.3 is 0 Å². The van der Waals surface area contributed by atoms with Crippen LogP contribution in [0.1, 0.15) is 63.3 Å². The summed E-state index contributed by atoms with van der Waals surface area (Å²) in [4.78, 5) is 10.1. The van der Waals surface area contributed by atoms with E-state index in [0.29, 0.717) is 11.8 Å². The first-order valence-corrected chi connectivity index (χ1v) is 11.1. The van der Waals surface area contributed by atoms with Gasteiger partial charge in [0.15, 0.2) is 0 Å². The Labute approximate surface area is 185 Å². The van der Waals surface area contributed by atoms with Crippen LogP contribution in [0, 0.1) is 0 Å². The molecule has 1 aromatic heterocycles. The second kappa shape index (κ2) is 8.85. The molecule has 0 aliphatic heterocycles. The summed E-state index contributed by atoms with van der Waals surface area (Å²) in [5, 5.41) is 2.45. The summed E-state index contributed by atoms with van der Waals surface area (Å²) in [6, 6.07) is 27.6. The van der Waals surface area contributed by atoms with Gasteiger partial charge in [0.2, 0.25) is 0 Å². The van der Waals surface area contributed by atoms with E-state index in [1.165, 1.54) is 21.9 Å². The number of fused-ring (bicyclic) bond motifs is 1. The van der Waals surface area contributed by atoms with Crippen molar-refractivity contribution in [1.82, 2.24) is 4.98 Å². The quantitative estimate of drug-likeness (QED) is 0.306. The maximum Gasteiger partial charge on any atom is 0.0849 e. The Hall–Kier alpha value is -3.26. The zero-order chi connectivity index (χ0) is 22.0. The van der Waals surface area contributed by atoms with Crippen LogP contribution in [0.15, 0.2) is 83.9 Å². The largest absolute Gasteiger partial charge is 0.251 e. The molecule has 0 aliphatic rings. The molecule has 0 bridgehead atoms. The van der Waals surface area contributed by atoms with E-state index in [1.807, 2.05) is 0 Å². The van der Waals surface area contributed by atoms with Crippen molar-refractivity contribution in [2.24, 2.45) is 4.99 Å². The van der Waals surface area contributed by atoms with Gasteiger partial charge in [-0.1, -0.05) is 94.4 Å². The average molecular weight is 407 g/mol. The average Bonchev–Trinajstić information content (AvgIpc) is 2.78. The molecule has 0 fully saturated rings. The van der Waals surface area contributed by atoms with Crippen molar-refractivity contribution in [1.29, 1.82) is 0 Å². The minimum atomic E-state index is 0.417. The minimum absolute atomic E-state index is 0.417. The zero-order valence-corrected chi connectivity index (χ0v) is 19.1. The van der Waals surface area contributed by atoms with Crippen LogP contribution in [-0.2, 0) is 0 Å². The van der Waals surface area contributed by atoms with Crippen LogP contribution in [0.2, 0.25) is 0 Å². The molecule has 0 spiro atoms. The summed E-state index contributed by atoms with van der Waals surface area (Å²) in [5.74, 6) is 0.834. The summed E-state index contributed by atoms with van der Waals surface area (Å²) in [6.45, 7) is 11.0. The molecule has 0 saturated carbocycles. The van der Waals surface area contributed by atoms with Crippen molar-refractivity contribution in [2.45, 2.75) is 46.5 Å². The fourth-order valence-electron chi connectivity index (χ4n) is 4.10. The van der Waals surface area contributed by atoms with Crippen LogP contribution < -0.4 is 0 Å². The Bertz CT molecular complexity index is 1220. The van der Waals surface area contributed by atoms with E-state index in [2.05, 4.69) is 113 Å². The number of hydrogen-bond acceptors (Lipinski definition) is 2. The molecule has 4 aromatic rings. The van der Waals surface area contributed by atoms with E-state index in [0.717, 1.165) is 28.4 Å². The second-order valence-corrected chi connectivity index (χ2v) is 8.73. The molecule has 0 radical (unpaired) electrons. The summed E-state index contributed by atoms with van der Waals surface area (Å²) >= 11 is 0. The van der Waals surface area contributed by atoms with Gasteiger partial charge in [0.05, 0.1) is 22.8 Å². The van der Waals surface area contributed by atoms with Crippen molar-refractivity contribution in [3.63, 3.8) is 0 Å². The van der Waals surface area contributed by atoms with Gasteiger partial charge in [0.25, 0.3) is 0 Å². The number of pyridine rings is 1. The lowest BCUT2D eigenvalue weighted by Gasteiger charge is -2.17. The first-order chi connectivity index (χ1) is 15.0. The topological polar surface area (TPSA) is 25.2 Å². The molecular formula is C29H30N2. The van der Waals surface area contributed by atoms with Crippen molar-refractivity contribution in [3.8, 4) is 11.3 Å². The van der Waals surface area contributed by atoms with Crippen molar-refractivity contribution < 1.29 is 0 Å². The van der Waals surface area contributed by atoms with E-state index in [1.54, 1.807) is 0 Å².